The Bertz CT molecular complexity index is 738. The maximum atomic E-state index is 12.8. The zero-order valence-corrected chi connectivity index (χ0v) is 15.3. The minimum absolute atomic E-state index is 0.160. The fourth-order valence-corrected chi connectivity index (χ4v) is 4.48. The van der Waals surface area contributed by atoms with Crippen LogP contribution in [-0.4, -0.2) is 51.1 Å². The van der Waals surface area contributed by atoms with Crippen molar-refractivity contribution in [2.75, 3.05) is 26.3 Å². The molecule has 0 saturated carbocycles. The number of piperidine rings is 1. The van der Waals surface area contributed by atoms with Gasteiger partial charge in [-0.05, 0) is 38.8 Å². The molecule has 0 N–H and O–H groups in total. The molecule has 0 spiro atoms. The first kappa shape index (κ1) is 18.0. The van der Waals surface area contributed by atoms with Gasteiger partial charge >= 0.3 is 5.97 Å². The summed E-state index contributed by atoms with van der Waals surface area (Å²) in [6.07, 6.45) is 0.775. The van der Waals surface area contributed by atoms with Gasteiger partial charge in [0, 0.05) is 19.2 Å². The van der Waals surface area contributed by atoms with Crippen LogP contribution in [0.3, 0.4) is 0 Å². The summed E-state index contributed by atoms with van der Waals surface area (Å²) in [4.78, 5) is 12.2. The molecule has 1 saturated heterocycles. The molecule has 1 aromatic rings. The van der Waals surface area contributed by atoms with E-state index in [4.69, 9.17) is 14.2 Å². The lowest BCUT2D eigenvalue weighted by Gasteiger charge is -2.30. The average molecular weight is 369 g/mol. The van der Waals surface area contributed by atoms with Crippen molar-refractivity contribution in [1.29, 1.82) is 0 Å². The van der Waals surface area contributed by atoms with E-state index in [0.29, 0.717) is 50.6 Å². The Morgan fingerprint density at radius 1 is 1.16 bits per heavy atom. The molecule has 1 aromatic carbocycles. The van der Waals surface area contributed by atoms with Crippen molar-refractivity contribution >= 4 is 16.0 Å². The number of carbonyl (C=O) groups is 1. The Balaban J connectivity index is 1.69. The Kier molecular flexibility index (Phi) is 5.19. The minimum atomic E-state index is -3.62. The summed E-state index contributed by atoms with van der Waals surface area (Å²) in [7, 11) is -3.62. The van der Waals surface area contributed by atoms with Crippen LogP contribution in [0.15, 0.2) is 23.1 Å². The van der Waals surface area contributed by atoms with Crippen LogP contribution in [0.2, 0.25) is 0 Å². The van der Waals surface area contributed by atoms with Gasteiger partial charge in [0.05, 0.1) is 16.9 Å². The molecule has 0 aliphatic carbocycles. The van der Waals surface area contributed by atoms with Gasteiger partial charge in [0.15, 0.2) is 11.5 Å². The Labute approximate surface area is 147 Å². The first-order chi connectivity index (χ1) is 11.9. The van der Waals surface area contributed by atoms with Gasteiger partial charge in [-0.25, -0.2) is 8.42 Å². The highest BCUT2D eigenvalue weighted by molar-refractivity contribution is 7.89. The maximum absolute atomic E-state index is 12.8. The molecule has 25 heavy (non-hydrogen) atoms. The van der Waals surface area contributed by atoms with Crippen LogP contribution in [0.25, 0.3) is 0 Å². The van der Waals surface area contributed by atoms with Gasteiger partial charge in [-0.15, -0.1) is 0 Å². The molecule has 0 radical (unpaired) electrons. The van der Waals surface area contributed by atoms with Gasteiger partial charge in [0.25, 0.3) is 0 Å². The van der Waals surface area contributed by atoms with E-state index in [-0.39, 0.29) is 22.9 Å². The van der Waals surface area contributed by atoms with Crippen molar-refractivity contribution in [3.8, 4) is 11.5 Å². The molecule has 1 fully saturated rings. The first-order valence-corrected chi connectivity index (χ1v) is 9.92. The largest absolute Gasteiger partial charge is 0.486 e. The topological polar surface area (TPSA) is 82.1 Å². The van der Waals surface area contributed by atoms with Crippen LogP contribution in [0.1, 0.15) is 26.7 Å². The second-order valence-electron chi connectivity index (χ2n) is 6.47. The summed E-state index contributed by atoms with van der Waals surface area (Å²) in [5.41, 5.74) is 0. The van der Waals surface area contributed by atoms with E-state index in [1.807, 2.05) is 0 Å². The normalized spacial score (nSPS) is 19.0. The number of esters is 1. The summed E-state index contributed by atoms with van der Waals surface area (Å²) in [5.74, 6) is 0.517. The van der Waals surface area contributed by atoms with E-state index < -0.39 is 10.0 Å². The number of sulfonamides is 1. The second-order valence-corrected chi connectivity index (χ2v) is 8.41. The predicted molar refractivity (Wildman–Crippen MR) is 90.1 cm³/mol. The number of hydrogen-bond donors (Lipinski definition) is 0. The van der Waals surface area contributed by atoms with Crippen LogP contribution >= 0.6 is 0 Å². The molecule has 0 unspecified atom stereocenters. The highest BCUT2D eigenvalue weighted by Gasteiger charge is 2.33. The quantitative estimate of drug-likeness (QED) is 0.753. The van der Waals surface area contributed by atoms with E-state index in [1.54, 1.807) is 19.9 Å². The predicted octanol–water partition coefficient (Wildman–Crippen LogP) is 1.81. The molecule has 2 heterocycles. The van der Waals surface area contributed by atoms with E-state index in [2.05, 4.69) is 0 Å². The maximum Gasteiger partial charge on any atom is 0.309 e. The van der Waals surface area contributed by atoms with Crippen molar-refractivity contribution in [2.45, 2.75) is 37.7 Å². The lowest BCUT2D eigenvalue weighted by Crippen LogP contribution is -2.40. The van der Waals surface area contributed by atoms with Gasteiger partial charge < -0.3 is 14.2 Å². The highest BCUT2D eigenvalue weighted by Crippen LogP contribution is 2.34. The highest BCUT2D eigenvalue weighted by atomic mass is 32.2. The molecule has 2 aliphatic rings. The van der Waals surface area contributed by atoms with Crippen molar-refractivity contribution in [1.82, 2.24) is 4.31 Å². The molecular weight excluding hydrogens is 346 g/mol. The number of fused-ring (bicyclic) bond motifs is 1. The molecule has 8 heteroatoms. The third kappa shape index (κ3) is 3.90. The number of rotatable bonds is 4. The zero-order valence-electron chi connectivity index (χ0n) is 14.4. The number of benzene rings is 1. The van der Waals surface area contributed by atoms with Crippen LogP contribution < -0.4 is 9.47 Å². The first-order valence-electron chi connectivity index (χ1n) is 8.48. The number of hydrogen-bond acceptors (Lipinski definition) is 6. The van der Waals surface area contributed by atoms with E-state index >= 15 is 0 Å². The summed E-state index contributed by atoms with van der Waals surface area (Å²) in [6, 6.07) is 4.65. The van der Waals surface area contributed by atoms with Crippen LogP contribution in [0, 0.1) is 5.92 Å². The average Bonchev–Trinajstić information content (AvgIpc) is 2.61. The third-order valence-corrected chi connectivity index (χ3v) is 6.19. The SMILES string of the molecule is CC(C)OC(=O)C1CCN(S(=O)(=O)c2ccc3c(c2)OCCO3)CC1. The minimum Gasteiger partial charge on any atom is -0.486 e. The van der Waals surface area contributed by atoms with Gasteiger partial charge in [0.1, 0.15) is 13.2 Å². The van der Waals surface area contributed by atoms with Crippen molar-refractivity contribution in [3.05, 3.63) is 18.2 Å². The summed E-state index contributed by atoms with van der Waals surface area (Å²) in [6.45, 7) is 5.07. The molecule has 7 nitrogen and oxygen atoms in total. The zero-order chi connectivity index (χ0) is 18.0. The third-order valence-electron chi connectivity index (χ3n) is 4.29. The molecule has 138 valence electrons. The van der Waals surface area contributed by atoms with Gasteiger partial charge in [-0.2, -0.15) is 4.31 Å². The molecular formula is C17H23NO6S. The lowest BCUT2D eigenvalue weighted by molar-refractivity contribution is -0.153. The smallest absolute Gasteiger partial charge is 0.309 e. The van der Waals surface area contributed by atoms with Crippen molar-refractivity contribution < 1.29 is 27.4 Å². The summed E-state index contributed by atoms with van der Waals surface area (Å²) < 4.78 is 43.2. The van der Waals surface area contributed by atoms with E-state index in [9.17, 15) is 13.2 Å². The van der Waals surface area contributed by atoms with E-state index in [0.717, 1.165) is 0 Å². The fourth-order valence-electron chi connectivity index (χ4n) is 2.99. The molecule has 0 aromatic heterocycles. The number of nitrogens with zero attached hydrogens (tertiary/aromatic N) is 1. The van der Waals surface area contributed by atoms with Crippen LogP contribution in [0.5, 0.6) is 11.5 Å². The molecule has 2 aliphatic heterocycles. The van der Waals surface area contributed by atoms with Crippen LogP contribution in [-0.2, 0) is 19.6 Å². The molecule has 0 bridgehead atoms. The Morgan fingerprint density at radius 3 is 2.44 bits per heavy atom. The fraction of sp³-hybridized carbons (Fsp3) is 0.588. The Hall–Kier alpha value is -1.80. The molecule has 3 rings (SSSR count). The second kappa shape index (κ2) is 7.21. The lowest BCUT2D eigenvalue weighted by atomic mass is 9.98. The van der Waals surface area contributed by atoms with Crippen molar-refractivity contribution in [3.63, 3.8) is 0 Å². The monoisotopic (exact) mass is 369 g/mol. The molecule has 0 atom stereocenters. The number of carbonyl (C=O) groups excluding carboxylic acids is 1. The number of ether oxygens (including phenoxy) is 3. The molecule has 0 amide bonds. The van der Waals surface area contributed by atoms with Gasteiger partial charge in [-0.3, -0.25) is 4.79 Å². The standard InChI is InChI=1S/C17H23NO6S/c1-12(2)24-17(19)13-5-7-18(8-6-13)25(20,21)14-3-4-15-16(11-14)23-10-9-22-15/h3-4,11-13H,5-10H2,1-2H3. The Morgan fingerprint density at radius 2 is 1.80 bits per heavy atom. The van der Waals surface area contributed by atoms with Gasteiger partial charge in [0.2, 0.25) is 10.0 Å². The summed E-state index contributed by atoms with van der Waals surface area (Å²) >= 11 is 0. The van der Waals surface area contributed by atoms with E-state index in [1.165, 1.54) is 16.4 Å². The van der Waals surface area contributed by atoms with Crippen LogP contribution in [0.4, 0.5) is 0 Å². The summed E-state index contributed by atoms with van der Waals surface area (Å²) in [5, 5.41) is 0. The van der Waals surface area contributed by atoms with Crippen molar-refractivity contribution in [2.24, 2.45) is 5.92 Å². The van der Waals surface area contributed by atoms with Gasteiger partial charge in [-0.1, -0.05) is 0 Å².